The van der Waals surface area contributed by atoms with Crippen molar-refractivity contribution in [3.63, 3.8) is 0 Å². The fourth-order valence-electron chi connectivity index (χ4n) is 1.41. The molecule has 0 saturated heterocycles. The Bertz CT molecular complexity index is 318. The van der Waals surface area contributed by atoms with Crippen molar-refractivity contribution >= 4 is 11.6 Å². The molecule has 0 spiro atoms. The molecule has 16 heavy (non-hydrogen) atoms. The average Bonchev–Trinajstić information content (AvgIpc) is 2.27. The number of hydrogen-bond donors (Lipinski definition) is 2. The van der Waals surface area contributed by atoms with E-state index in [0.717, 1.165) is 30.7 Å². The first kappa shape index (κ1) is 13.3. The van der Waals surface area contributed by atoms with Crippen LogP contribution in [-0.4, -0.2) is 25.4 Å². The number of aliphatic hydroxyl groups excluding tert-OH is 1. The molecule has 1 rings (SSSR count). The van der Waals surface area contributed by atoms with Crippen molar-refractivity contribution in [2.45, 2.75) is 19.4 Å². The van der Waals surface area contributed by atoms with Crippen LogP contribution in [0.1, 0.15) is 18.4 Å². The number of hydrogen-bond acceptors (Lipinski definition) is 3. The lowest BCUT2D eigenvalue weighted by Crippen LogP contribution is -2.08. The summed E-state index contributed by atoms with van der Waals surface area (Å²) in [7, 11) is 1.89. The molecule has 0 aliphatic carbocycles. The molecule has 2 N–H and O–H groups in total. The molecule has 0 aliphatic rings. The van der Waals surface area contributed by atoms with Gasteiger partial charge in [-0.15, -0.1) is 0 Å². The van der Waals surface area contributed by atoms with E-state index in [-0.39, 0.29) is 6.61 Å². The summed E-state index contributed by atoms with van der Waals surface area (Å²) in [6.45, 7) is 1.57. The average molecular weight is 244 g/mol. The summed E-state index contributed by atoms with van der Waals surface area (Å²) in [5, 5.41) is 12.4. The van der Waals surface area contributed by atoms with Crippen molar-refractivity contribution in [3.8, 4) is 5.75 Å². The molecule has 0 fully saturated rings. The minimum atomic E-state index is 0.216. The lowest BCUT2D eigenvalue weighted by molar-refractivity contribution is 0.252. The van der Waals surface area contributed by atoms with Gasteiger partial charge in [0.25, 0.3) is 0 Å². The zero-order valence-electron chi connectivity index (χ0n) is 9.50. The summed E-state index contributed by atoms with van der Waals surface area (Å²) in [6.07, 6.45) is 1.63. The van der Waals surface area contributed by atoms with Gasteiger partial charge in [0.1, 0.15) is 5.75 Å². The molecule has 0 saturated carbocycles. The number of unbranched alkanes of at least 4 members (excludes halogenated alkanes) is 1. The molecule has 0 heterocycles. The molecular weight excluding hydrogens is 226 g/mol. The minimum absolute atomic E-state index is 0.216. The zero-order valence-corrected chi connectivity index (χ0v) is 10.3. The highest BCUT2D eigenvalue weighted by molar-refractivity contribution is 6.30. The van der Waals surface area contributed by atoms with Gasteiger partial charge in [0, 0.05) is 23.7 Å². The number of rotatable bonds is 7. The third-order valence-electron chi connectivity index (χ3n) is 2.20. The van der Waals surface area contributed by atoms with Crippen LogP contribution in [0.25, 0.3) is 0 Å². The Morgan fingerprint density at radius 2 is 2.19 bits per heavy atom. The van der Waals surface area contributed by atoms with Crippen LogP contribution in [0.2, 0.25) is 5.02 Å². The second-order valence-corrected chi connectivity index (χ2v) is 4.00. The normalized spacial score (nSPS) is 10.4. The Kier molecular flexibility index (Phi) is 6.23. The maximum Gasteiger partial charge on any atom is 0.123 e. The molecular formula is C12H18ClNO2. The molecule has 0 bridgehead atoms. The van der Waals surface area contributed by atoms with Crippen molar-refractivity contribution in [2.75, 3.05) is 20.3 Å². The third kappa shape index (κ3) is 4.39. The molecule has 0 radical (unpaired) electrons. The first-order valence-corrected chi connectivity index (χ1v) is 5.82. The smallest absolute Gasteiger partial charge is 0.123 e. The fourth-order valence-corrected chi connectivity index (χ4v) is 1.61. The predicted octanol–water partition coefficient (Wildman–Crippen LogP) is 2.21. The highest BCUT2D eigenvalue weighted by atomic mass is 35.5. The lowest BCUT2D eigenvalue weighted by Gasteiger charge is -2.11. The van der Waals surface area contributed by atoms with Crippen LogP contribution in [0, 0.1) is 0 Å². The van der Waals surface area contributed by atoms with E-state index in [9.17, 15) is 0 Å². The van der Waals surface area contributed by atoms with Crippen molar-refractivity contribution in [3.05, 3.63) is 28.8 Å². The number of nitrogens with one attached hydrogen (secondary N) is 1. The van der Waals surface area contributed by atoms with E-state index in [2.05, 4.69) is 5.32 Å². The van der Waals surface area contributed by atoms with Crippen molar-refractivity contribution in [1.82, 2.24) is 5.32 Å². The minimum Gasteiger partial charge on any atom is -0.493 e. The maximum atomic E-state index is 8.66. The third-order valence-corrected chi connectivity index (χ3v) is 2.43. The number of ether oxygens (including phenoxy) is 1. The van der Waals surface area contributed by atoms with E-state index < -0.39 is 0 Å². The summed E-state index contributed by atoms with van der Waals surface area (Å²) in [5.74, 6) is 0.858. The first-order chi connectivity index (χ1) is 7.77. The number of benzene rings is 1. The Hall–Kier alpha value is -0.770. The van der Waals surface area contributed by atoms with Gasteiger partial charge in [-0.05, 0) is 38.1 Å². The molecule has 0 aromatic heterocycles. The second-order valence-electron chi connectivity index (χ2n) is 3.56. The molecule has 0 aliphatic heterocycles. The monoisotopic (exact) mass is 243 g/mol. The number of aliphatic hydroxyl groups is 1. The fraction of sp³-hybridized carbons (Fsp3) is 0.500. The largest absolute Gasteiger partial charge is 0.493 e. The molecule has 0 amide bonds. The van der Waals surface area contributed by atoms with Gasteiger partial charge >= 0.3 is 0 Å². The van der Waals surface area contributed by atoms with Crippen LogP contribution >= 0.6 is 11.6 Å². The topological polar surface area (TPSA) is 41.5 Å². The van der Waals surface area contributed by atoms with Crippen LogP contribution in [0.3, 0.4) is 0 Å². The molecule has 3 nitrogen and oxygen atoms in total. The van der Waals surface area contributed by atoms with Gasteiger partial charge in [0.15, 0.2) is 0 Å². The van der Waals surface area contributed by atoms with E-state index in [1.807, 2.05) is 25.2 Å². The summed E-state index contributed by atoms with van der Waals surface area (Å²) in [5.41, 5.74) is 1.05. The van der Waals surface area contributed by atoms with Gasteiger partial charge in [0.2, 0.25) is 0 Å². The van der Waals surface area contributed by atoms with Gasteiger partial charge in [-0.3, -0.25) is 0 Å². The Balaban J connectivity index is 2.56. The quantitative estimate of drug-likeness (QED) is 0.722. The first-order valence-electron chi connectivity index (χ1n) is 5.44. The van der Waals surface area contributed by atoms with Gasteiger partial charge in [-0.1, -0.05) is 11.6 Å². The van der Waals surface area contributed by atoms with Crippen molar-refractivity contribution in [2.24, 2.45) is 0 Å². The molecule has 1 aromatic rings. The van der Waals surface area contributed by atoms with Crippen LogP contribution in [-0.2, 0) is 6.54 Å². The highest BCUT2D eigenvalue weighted by Gasteiger charge is 2.03. The summed E-state index contributed by atoms with van der Waals surface area (Å²) < 4.78 is 5.64. The van der Waals surface area contributed by atoms with E-state index in [0.29, 0.717) is 11.6 Å². The van der Waals surface area contributed by atoms with Crippen LogP contribution in [0.4, 0.5) is 0 Å². The molecule has 0 atom stereocenters. The molecule has 1 aromatic carbocycles. The summed E-state index contributed by atoms with van der Waals surface area (Å²) in [4.78, 5) is 0. The molecule has 0 unspecified atom stereocenters. The Labute approximate surface area is 101 Å². The maximum absolute atomic E-state index is 8.66. The standard InChI is InChI=1S/C12H18ClNO2/c1-14-9-10-8-11(13)4-5-12(10)16-7-3-2-6-15/h4-5,8,14-15H,2-3,6-7,9H2,1H3. The predicted molar refractivity (Wildman–Crippen MR) is 66.0 cm³/mol. The van der Waals surface area contributed by atoms with Crippen molar-refractivity contribution < 1.29 is 9.84 Å². The van der Waals surface area contributed by atoms with E-state index in [4.69, 9.17) is 21.4 Å². The van der Waals surface area contributed by atoms with Gasteiger partial charge in [0.05, 0.1) is 6.61 Å². The van der Waals surface area contributed by atoms with Gasteiger partial charge < -0.3 is 15.2 Å². The van der Waals surface area contributed by atoms with Crippen LogP contribution < -0.4 is 10.1 Å². The summed E-state index contributed by atoms with van der Waals surface area (Å²) >= 11 is 5.92. The SMILES string of the molecule is CNCc1cc(Cl)ccc1OCCCCO. The van der Waals surface area contributed by atoms with Crippen molar-refractivity contribution in [1.29, 1.82) is 0 Å². The zero-order chi connectivity index (χ0) is 11.8. The van der Waals surface area contributed by atoms with Gasteiger partial charge in [-0.2, -0.15) is 0 Å². The van der Waals surface area contributed by atoms with E-state index in [1.54, 1.807) is 0 Å². The second kappa shape index (κ2) is 7.49. The highest BCUT2D eigenvalue weighted by Crippen LogP contribution is 2.23. The van der Waals surface area contributed by atoms with Crippen LogP contribution in [0.5, 0.6) is 5.75 Å². The van der Waals surface area contributed by atoms with E-state index >= 15 is 0 Å². The molecule has 90 valence electrons. The summed E-state index contributed by atoms with van der Waals surface area (Å²) in [6, 6.07) is 5.61. The molecule has 4 heteroatoms. The van der Waals surface area contributed by atoms with Gasteiger partial charge in [-0.25, -0.2) is 0 Å². The Morgan fingerprint density at radius 3 is 2.88 bits per heavy atom. The van der Waals surface area contributed by atoms with E-state index in [1.165, 1.54) is 0 Å². The van der Waals surface area contributed by atoms with Crippen LogP contribution in [0.15, 0.2) is 18.2 Å². The number of halogens is 1. The Morgan fingerprint density at radius 1 is 1.38 bits per heavy atom. The lowest BCUT2D eigenvalue weighted by atomic mass is 10.2.